The Balaban J connectivity index is 2.64. The Kier molecular flexibility index (Phi) is 5.99. The van der Waals surface area contributed by atoms with Crippen molar-refractivity contribution in [2.24, 2.45) is 0 Å². The Morgan fingerprint density at radius 2 is 2.05 bits per heavy atom. The molecule has 9 heteroatoms. The van der Waals surface area contributed by atoms with Crippen LogP contribution in [0.3, 0.4) is 0 Å². The van der Waals surface area contributed by atoms with E-state index in [0.29, 0.717) is 6.07 Å². The first-order valence-corrected chi connectivity index (χ1v) is 7.05. The zero-order valence-corrected chi connectivity index (χ0v) is 11.5. The molecule has 0 aromatic heterocycles. The normalized spacial score (nSPS) is 11.3. The van der Waals surface area contributed by atoms with Gasteiger partial charge in [0.2, 0.25) is 15.9 Å². The number of benzene rings is 1. The maximum atomic E-state index is 13.3. The maximum absolute atomic E-state index is 13.3. The van der Waals surface area contributed by atoms with Crippen LogP contribution in [-0.2, 0) is 19.6 Å². The van der Waals surface area contributed by atoms with E-state index in [0.717, 1.165) is 12.1 Å². The van der Waals surface area contributed by atoms with Gasteiger partial charge >= 0.3 is 0 Å². The van der Waals surface area contributed by atoms with Crippen LogP contribution >= 0.6 is 0 Å². The lowest BCUT2D eigenvalue weighted by Crippen LogP contribution is -2.38. The fourth-order valence-corrected chi connectivity index (χ4v) is 2.33. The van der Waals surface area contributed by atoms with Gasteiger partial charge in [-0.2, -0.15) is 0 Å². The SMILES string of the molecule is COCCNC(=O)CNS(=O)(=O)c1ccc(F)cc1F. The van der Waals surface area contributed by atoms with E-state index < -0.39 is 39.0 Å². The van der Waals surface area contributed by atoms with Crippen LogP contribution in [0.1, 0.15) is 0 Å². The summed E-state index contributed by atoms with van der Waals surface area (Å²) in [6, 6.07) is 2.05. The highest BCUT2D eigenvalue weighted by Crippen LogP contribution is 2.14. The Labute approximate surface area is 115 Å². The van der Waals surface area contributed by atoms with E-state index in [-0.39, 0.29) is 13.2 Å². The van der Waals surface area contributed by atoms with Crippen LogP contribution < -0.4 is 10.0 Å². The molecule has 1 amide bonds. The summed E-state index contributed by atoms with van der Waals surface area (Å²) in [4.78, 5) is 10.6. The molecule has 0 saturated heterocycles. The molecule has 0 aliphatic rings. The van der Waals surface area contributed by atoms with Gasteiger partial charge in [0.15, 0.2) is 0 Å². The molecule has 0 fully saturated rings. The third kappa shape index (κ3) is 4.83. The third-order valence-electron chi connectivity index (χ3n) is 2.23. The number of ether oxygens (including phenoxy) is 1. The second-order valence-corrected chi connectivity index (χ2v) is 5.48. The van der Waals surface area contributed by atoms with Crippen molar-refractivity contribution in [2.45, 2.75) is 4.90 Å². The number of carbonyl (C=O) groups excluding carboxylic acids is 1. The molecule has 1 aromatic carbocycles. The zero-order valence-electron chi connectivity index (χ0n) is 10.7. The molecule has 0 spiro atoms. The van der Waals surface area contributed by atoms with E-state index in [1.54, 1.807) is 0 Å². The highest BCUT2D eigenvalue weighted by Gasteiger charge is 2.20. The molecule has 0 heterocycles. The monoisotopic (exact) mass is 308 g/mol. The van der Waals surface area contributed by atoms with Crippen molar-refractivity contribution >= 4 is 15.9 Å². The van der Waals surface area contributed by atoms with Crippen molar-refractivity contribution in [3.8, 4) is 0 Å². The summed E-state index contributed by atoms with van der Waals surface area (Å²) in [6.45, 7) is -0.0457. The highest BCUT2D eigenvalue weighted by molar-refractivity contribution is 7.89. The zero-order chi connectivity index (χ0) is 15.2. The summed E-state index contributed by atoms with van der Waals surface area (Å²) in [6.07, 6.45) is 0. The van der Waals surface area contributed by atoms with Gasteiger partial charge in [-0.25, -0.2) is 21.9 Å². The second-order valence-electron chi connectivity index (χ2n) is 3.74. The van der Waals surface area contributed by atoms with Crippen molar-refractivity contribution in [3.63, 3.8) is 0 Å². The predicted octanol–water partition coefficient (Wildman–Crippen LogP) is 0.00570. The van der Waals surface area contributed by atoms with Gasteiger partial charge in [-0.1, -0.05) is 0 Å². The lowest BCUT2D eigenvalue weighted by atomic mass is 10.3. The van der Waals surface area contributed by atoms with E-state index in [9.17, 15) is 22.0 Å². The first kappa shape index (κ1) is 16.5. The van der Waals surface area contributed by atoms with Crippen molar-refractivity contribution in [1.82, 2.24) is 10.0 Å². The first-order valence-electron chi connectivity index (χ1n) is 5.57. The lowest BCUT2D eigenvalue weighted by Gasteiger charge is -2.08. The number of halogens is 2. The molecule has 1 rings (SSSR count). The molecule has 0 radical (unpaired) electrons. The van der Waals surface area contributed by atoms with Gasteiger partial charge in [-0.05, 0) is 12.1 Å². The number of nitrogens with one attached hydrogen (secondary N) is 2. The van der Waals surface area contributed by atoms with Crippen LogP contribution in [0.5, 0.6) is 0 Å². The second kappa shape index (κ2) is 7.27. The van der Waals surface area contributed by atoms with Gasteiger partial charge in [-0.15, -0.1) is 0 Å². The van der Waals surface area contributed by atoms with Gasteiger partial charge in [-0.3, -0.25) is 4.79 Å². The molecule has 112 valence electrons. The third-order valence-corrected chi connectivity index (χ3v) is 3.67. The molecule has 0 aliphatic carbocycles. The number of amides is 1. The number of hydrogen-bond acceptors (Lipinski definition) is 4. The number of hydrogen-bond donors (Lipinski definition) is 2. The summed E-state index contributed by atoms with van der Waals surface area (Å²) < 4.78 is 56.1. The molecule has 0 unspecified atom stereocenters. The molecule has 0 aliphatic heterocycles. The number of methoxy groups -OCH3 is 1. The van der Waals surface area contributed by atoms with Gasteiger partial charge in [0.25, 0.3) is 0 Å². The average Bonchev–Trinajstić information content (AvgIpc) is 2.36. The van der Waals surface area contributed by atoms with Gasteiger partial charge in [0, 0.05) is 19.7 Å². The smallest absolute Gasteiger partial charge is 0.243 e. The number of rotatable bonds is 7. The van der Waals surface area contributed by atoms with E-state index in [2.05, 4.69) is 5.32 Å². The van der Waals surface area contributed by atoms with Crippen LogP contribution in [0.15, 0.2) is 23.1 Å². The topological polar surface area (TPSA) is 84.5 Å². The minimum absolute atomic E-state index is 0.224. The molecule has 0 atom stereocenters. The summed E-state index contributed by atoms with van der Waals surface area (Å²) in [7, 11) is -2.77. The molecule has 2 N–H and O–H groups in total. The lowest BCUT2D eigenvalue weighted by molar-refractivity contribution is -0.120. The summed E-state index contributed by atoms with van der Waals surface area (Å²) >= 11 is 0. The predicted molar refractivity (Wildman–Crippen MR) is 66.4 cm³/mol. The maximum Gasteiger partial charge on any atom is 0.243 e. The van der Waals surface area contributed by atoms with Crippen molar-refractivity contribution < 1.29 is 26.7 Å². The van der Waals surface area contributed by atoms with Crippen molar-refractivity contribution in [1.29, 1.82) is 0 Å². The molecular formula is C11H14F2N2O4S. The van der Waals surface area contributed by atoms with Gasteiger partial charge in [0.1, 0.15) is 16.5 Å². The number of carbonyl (C=O) groups is 1. The molecule has 0 saturated carbocycles. The van der Waals surface area contributed by atoms with Crippen LogP contribution in [-0.4, -0.2) is 41.1 Å². The van der Waals surface area contributed by atoms with Gasteiger partial charge in [0.05, 0.1) is 13.2 Å². The fraction of sp³-hybridized carbons (Fsp3) is 0.364. The average molecular weight is 308 g/mol. The Bertz CT molecular complexity index is 578. The van der Waals surface area contributed by atoms with Gasteiger partial charge < -0.3 is 10.1 Å². The summed E-state index contributed by atoms with van der Waals surface area (Å²) in [5, 5.41) is 2.39. The molecule has 1 aromatic rings. The van der Waals surface area contributed by atoms with Crippen molar-refractivity contribution in [3.05, 3.63) is 29.8 Å². The molecule has 20 heavy (non-hydrogen) atoms. The summed E-state index contributed by atoms with van der Waals surface area (Å²) in [5.41, 5.74) is 0. The first-order chi connectivity index (χ1) is 9.36. The van der Waals surface area contributed by atoms with Crippen LogP contribution in [0, 0.1) is 11.6 Å². The van der Waals surface area contributed by atoms with Crippen molar-refractivity contribution in [2.75, 3.05) is 26.8 Å². The quantitative estimate of drug-likeness (QED) is 0.695. The fourth-order valence-electron chi connectivity index (χ4n) is 1.29. The number of sulfonamides is 1. The Hall–Kier alpha value is -1.58. The standard InChI is InChI=1S/C11H14F2N2O4S/c1-19-5-4-14-11(16)7-15-20(17,18)10-3-2-8(12)6-9(10)13/h2-3,6,15H,4-5,7H2,1H3,(H,14,16). The summed E-state index contributed by atoms with van der Waals surface area (Å²) in [5.74, 6) is -2.70. The largest absolute Gasteiger partial charge is 0.383 e. The minimum Gasteiger partial charge on any atom is -0.383 e. The van der Waals surface area contributed by atoms with E-state index in [1.165, 1.54) is 7.11 Å². The van der Waals surface area contributed by atoms with E-state index in [4.69, 9.17) is 4.74 Å². The van der Waals surface area contributed by atoms with Crippen LogP contribution in [0.4, 0.5) is 8.78 Å². The highest BCUT2D eigenvalue weighted by atomic mass is 32.2. The molecule has 6 nitrogen and oxygen atoms in total. The minimum atomic E-state index is -4.22. The van der Waals surface area contributed by atoms with Crippen LogP contribution in [0.25, 0.3) is 0 Å². The van der Waals surface area contributed by atoms with E-state index >= 15 is 0 Å². The molecular weight excluding hydrogens is 294 g/mol. The Morgan fingerprint density at radius 3 is 2.65 bits per heavy atom. The Morgan fingerprint density at radius 1 is 1.35 bits per heavy atom. The van der Waals surface area contributed by atoms with E-state index in [1.807, 2.05) is 4.72 Å². The van der Waals surface area contributed by atoms with Crippen LogP contribution in [0.2, 0.25) is 0 Å². The molecule has 0 bridgehead atoms.